The molecule has 0 aliphatic heterocycles. The van der Waals surface area contributed by atoms with E-state index in [1.807, 2.05) is 0 Å². The molecule has 11 nitrogen and oxygen atoms in total. The largest absolute Gasteiger partial charge is 0.507 e. The predicted molar refractivity (Wildman–Crippen MR) is 213 cm³/mol. The number of hydrogen-bond donors (Lipinski definition) is 3. The molecule has 4 aromatic rings. The number of halogens is 5. The fraction of sp³-hybridized carbons (Fsp3) is 0.389. The maximum absolute atomic E-state index is 12.2. The summed E-state index contributed by atoms with van der Waals surface area (Å²) in [6, 6.07) is 15.6. The summed E-state index contributed by atoms with van der Waals surface area (Å²) in [4.78, 5) is 41.2. The minimum absolute atomic E-state index is 0.0423. The lowest BCUT2D eigenvalue weighted by molar-refractivity contribution is 0.0939. The molecular formula is C36H42Br2Cl3N7O4. The van der Waals surface area contributed by atoms with Crippen LogP contribution in [-0.2, 0) is 0 Å². The Kier molecular flexibility index (Phi) is 18.0. The summed E-state index contributed by atoms with van der Waals surface area (Å²) < 4.78 is 6.91. The minimum atomic E-state index is -0.180. The fourth-order valence-electron chi connectivity index (χ4n) is 4.55. The lowest BCUT2D eigenvalue weighted by Gasteiger charge is -2.28. The highest BCUT2D eigenvalue weighted by Gasteiger charge is 2.26. The quantitative estimate of drug-likeness (QED) is 0.111. The molecule has 2 aliphatic rings. The first-order valence-electron chi connectivity index (χ1n) is 16.6. The smallest absolute Gasteiger partial charge is 0.255 e. The first-order chi connectivity index (χ1) is 24.7. The van der Waals surface area contributed by atoms with Crippen molar-refractivity contribution in [3.05, 3.63) is 96.7 Å². The summed E-state index contributed by atoms with van der Waals surface area (Å²) in [5, 5.41) is 15.7. The molecule has 2 fully saturated rings. The SMILES string of the molecule is CCN(C(C)C)C(C)C.Clc1ncc(Br)c(Cl)n1.O=C(NC1CC1)c1ccccc1O.O=C(NC1CC1)c1ccccc1Oc1nc(Cl)ncc1Br. The van der Waals surface area contributed by atoms with Gasteiger partial charge in [0.1, 0.15) is 16.7 Å². The molecule has 0 spiro atoms. The van der Waals surface area contributed by atoms with Crippen LogP contribution in [0.5, 0.6) is 17.4 Å². The van der Waals surface area contributed by atoms with Gasteiger partial charge in [-0.3, -0.25) is 14.5 Å². The van der Waals surface area contributed by atoms with Gasteiger partial charge in [-0.05, 0) is 139 Å². The van der Waals surface area contributed by atoms with E-state index in [2.05, 4.69) is 102 Å². The molecule has 0 radical (unpaired) electrons. The number of nitrogens with zero attached hydrogens (tertiary/aromatic N) is 5. The molecule has 0 bridgehead atoms. The standard InChI is InChI=1S/C14H11BrClN3O2.C10H11NO2.C8H19N.C4HBrCl2N2/c15-10-7-17-14(16)19-13(10)21-11-4-2-1-3-9(11)12(20)18-8-5-6-8;12-9-4-2-1-3-8(9)10(13)11-7-5-6-7;1-6-9(7(2)3)8(4)5;5-2-1-8-4(7)9-3(2)6/h1-4,7-8H,5-6H2,(H,18,20);1-4,7,12H,5-6H2,(H,11,13);7-8H,6H2,1-5H3;1H. The van der Waals surface area contributed by atoms with Gasteiger partial charge in [-0.15, -0.1) is 0 Å². The van der Waals surface area contributed by atoms with Gasteiger partial charge in [0.05, 0.1) is 20.1 Å². The number of rotatable bonds is 9. The maximum Gasteiger partial charge on any atom is 0.255 e. The van der Waals surface area contributed by atoms with Gasteiger partial charge in [-0.25, -0.2) is 15.0 Å². The predicted octanol–water partition coefficient (Wildman–Crippen LogP) is 9.53. The van der Waals surface area contributed by atoms with Crippen molar-refractivity contribution in [2.75, 3.05) is 6.54 Å². The number of aromatic hydroxyl groups is 1. The molecule has 2 aliphatic carbocycles. The highest BCUT2D eigenvalue weighted by atomic mass is 79.9. The van der Waals surface area contributed by atoms with Crippen LogP contribution in [0.1, 0.15) is 81.0 Å². The molecular weight excluding hydrogens is 861 g/mol. The summed E-state index contributed by atoms with van der Waals surface area (Å²) in [5.74, 6) is 0.401. The number of benzene rings is 2. The van der Waals surface area contributed by atoms with Crippen LogP contribution in [0.15, 0.2) is 69.9 Å². The third-order valence-electron chi connectivity index (χ3n) is 7.36. The Morgan fingerprint density at radius 3 is 1.75 bits per heavy atom. The average molecular weight is 903 g/mol. The monoisotopic (exact) mass is 899 g/mol. The van der Waals surface area contributed by atoms with Crippen LogP contribution in [0.2, 0.25) is 15.7 Å². The number of amides is 2. The second-order valence-electron chi connectivity index (χ2n) is 12.2. The Morgan fingerprint density at radius 2 is 1.29 bits per heavy atom. The lowest BCUT2D eigenvalue weighted by atomic mass is 10.2. The number of phenolic OH excluding ortho intramolecular Hbond substituents is 1. The Labute approximate surface area is 336 Å². The van der Waals surface area contributed by atoms with Crippen LogP contribution in [0, 0.1) is 0 Å². The Morgan fingerprint density at radius 1 is 0.808 bits per heavy atom. The van der Waals surface area contributed by atoms with Crippen LogP contribution >= 0.6 is 66.7 Å². The molecule has 3 N–H and O–H groups in total. The van der Waals surface area contributed by atoms with Gasteiger partial charge in [0, 0.05) is 36.6 Å². The van der Waals surface area contributed by atoms with Crippen LogP contribution in [0.3, 0.4) is 0 Å². The third kappa shape index (κ3) is 15.1. The summed E-state index contributed by atoms with van der Waals surface area (Å²) in [7, 11) is 0. The van der Waals surface area contributed by atoms with Crippen molar-refractivity contribution in [1.29, 1.82) is 0 Å². The zero-order chi connectivity index (χ0) is 38.4. The number of aromatic nitrogens is 4. The second kappa shape index (κ2) is 21.6. The zero-order valence-corrected chi connectivity index (χ0v) is 34.9. The molecule has 2 aromatic heterocycles. The van der Waals surface area contributed by atoms with Crippen LogP contribution in [-0.4, -0.2) is 72.5 Å². The van der Waals surface area contributed by atoms with Crippen molar-refractivity contribution >= 4 is 78.5 Å². The van der Waals surface area contributed by atoms with E-state index in [1.54, 1.807) is 42.5 Å². The number of phenols is 1. The molecule has 0 unspecified atom stereocenters. The van der Waals surface area contributed by atoms with Gasteiger partial charge in [0.2, 0.25) is 16.4 Å². The summed E-state index contributed by atoms with van der Waals surface area (Å²) in [6.45, 7) is 12.3. The topological polar surface area (TPSA) is 142 Å². The molecule has 6 rings (SSSR count). The van der Waals surface area contributed by atoms with Crippen molar-refractivity contribution < 1.29 is 19.4 Å². The first kappa shape index (κ1) is 43.3. The van der Waals surface area contributed by atoms with E-state index in [1.165, 1.54) is 18.5 Å². The van der Waals surface area contributed by atoms with Gasteiger partial charge >= 0.3 is 0 Å². The molecule has 2 heterocycles. The summed E-state index contributed by atoms with van der Waals surface area (Å²) >= 11 is 23.1. The van der Waals surface area contributed by atoms with Crippen LogP contribution in [0.25, 0.3) is 0 Å². The van der Waals surface area contributed by atoms with Crippen LogP contribution in [0.4, 0.5) is 0 Å². The number of para-hydroxylation sites is 2. The molecule has 2 saturated carbocycles. The number of carbonyl (C=O) groups excluding carboxylic acids is 2. The average Bonchev–Trinajstić information content (AvgIpc) is 4.04. The van der Waals surface area contributed by atoms with Crippen molar-refractivity contribution in [1.82, 2.24) is 35.5 Å². The van der Waals surface area contributed by atoms with E-state index >= 15 is 0 Å². The molecule has 2 amide bonds. The molecule has 2 aromatic carbocycles. The number of hydrogen-bond acceptors (Lipinski definition) is 9. The van der Waals surface area contributed by atoms with Crippen molar-refractivity contribution in [2.45, 2.75) is 84.5 Å². The number of carbonyl (C=O) groups is 2. The molecule has 16 heteroatoms. The van der Waals surface area contributed by atoms with Crippen molar-refractivity contribution in [3.8, 4) is 17.4 Å². The van der Waals surface area contributed by atoms with Crippen LogP contribution < -0.4 is 15.4 Å². The van der Waals surface area contributed by atoms with E-state index in [4.69, 9.17) is 39.5 Å². The summed E-state index contributed by atoms with van der Waals surface area (Å²) in [6.07, 6.45) is 7.16. The zero-order valence-electron chi connectivity index (χ0n) is 29.4. The third-order valence-corrected chi connectivity index (χ3v) is 9.36. The Balaban J connectivity index is 0.000000202. The minimum Gasteiger partial charge on any atom is -0.507 e. The van der Waals surface area contributed by atoms with E-state index in [0.29, 0.717) is 49.1 Å². The Hall–Kier alpha value is -3.07. The highest BCUT2D eigenvalue weighted by Crippen LogP contribution is 2.31. The molecule has 52 heavy (non-hydrogen) atoms. The molecule has 0 saturated heterocycles. The highest BCUT2D eigenvalue weighted by molar-refractivity contribution is 9.10. The van der Waals surface area contributed by atoms with E-state index in [0.717, 1.165) is 32.2 Å². The second-order valence-corrected chi connectivity index (χ2v) is 14.9. The van der Waals surface area contributed by atoms with E-state index < -0.39 is 0 Å². The Bertz CT molecular complexity index is 1770. The van der Waals surface area contributed by atoms with Gasteiger partial charge in [0.15, 0.2) is 0 Å². The van der Waals surface area contributed by atoms with E-state index in [-0.39, 0.29) is 40.1 Å². The molecule has 280 valence electrons. The van der Waals surface area contributed by atoms with Gasteiger partial charge in [-0.2, -0.15) is 4.98 Å². The first-order valence-corrected chi connectivity index (χ1v) is 19.4. The molecule has 0 atom stereocenters. The van der Waals surface area contributed by atoms with Gasteiger partial charge in [0.25, 0.3) is 11.8 Å². The van der Waals surface area contributed by atoms with E-state index in [9.17, 15) is 14.7 Å². The lowest BCUT2D eigenvalue weighted by Crippen LogP contribution is -2.36. The van der Waals surface area contributed by atoms with Gasteiger partial charge in [-0.1, -0.05) is 42.8 Å². The summed E-state index contributed by atoms with van der Waals surface area (Å²) in [5.41, 5.74) is 0.820. The van der Waals surface area contributed by atoms with Gasteiger partial charge < -0.3 is 20.5 Å². The number of ether oxygens (including phenoxy) is 1. The maximum atomic E-state index is 12.2. The van der Waals surface area contributed by atoms with Crippen molar-refractivity contribution in [2.24, 2.45) is 0 Å². The normalized spacial score (nSPS) is 13.2. The number of nitrogens with one attached hydrogen (secondary N) is 2. The van der Waals surface area contributed by atoms with Crippen molar-refractivity contribution in [3.63, 3.8) is 0 Å². The fourth-order valence-corrected chi connectivity index (χ4v) is 5.44.